The Balaban J connectivity index is 1.78. The molecule has 6 nitrogen and oxygen atoms in total. The first-order valence-electron chi connectivity index (χ1n) is 10.1. The maximum Gasteiger partial charge on any atom is 0.335 e. The van der Waals surface area contributed by atoms with Crippen LogP contribution in [-0.2, 0) is 9.59 Å². The van der Waals surface area contributed by atoms with Crippen LogP contribution in [0.5, 0.6) is 0 Å². The molecule has 3 aromatic rings. The quantitative estimate of drug-likeness (QED) is 0.290. The Morgan fingerprint density at radius 2 is 1.62 bits per heavy atom. The third-order valence-electron chi connectivity index (χ3n) is 5.77. The van der Waals surface area contributed by atoms with Crippen molar-refractivity contribution in [3.63, 3.8) is 0 Å². The number of barbiturate groups is 1. The Labute approximate surface area is 200 Å². The zero-order valence-electron chi connectivity index (χ0n) is 18.2. The second-order valence-corrected chi connectivity index (χ2v) is 9.06. The Morgan fingerprint density at radius 3 is 2.31 bits per heavy atom. The van der Waals surface area contributed by atoms with Gasteiger partial charge in [0.1, 0.15) is 5.57 Å². The maximum absolute atomic E-state index is 13.3. The van der Waals surface area contributed by atoms with Crippen molar-refractivity contribution >= 4 is 52.2 Å². The van der Waals surface area contributed by atoms with Crippen molar-refractivity contribution in [2.24, 2.45) is 0 Å². The molecule has 0 unspecified atom stereocenters. The van der Waals surface area contributed by atoms with Gasteiger partial charge in [-0.3, -0.25) is 14.9 Å². The van der Waals surface area contributed by atoms with Gasteiger partial charge < -0.3 is 4.57 Å². The van der Waals surface area contributed by atoms with Gasteiger partial charge in [0, 0.05) is 20.6 Å². The number of rotatable bonds is 3. The largest absolute Gasteiger partial charge is 0.335 e. The molecule has 4 amide bonds. The lowest BCUT2D eigenvalue weighted by molar-refractivity contribution is -0.122. The summed E-state index contributed by atoms with van der Waals surface area (Å²) >= 11 is 2.26. The normalized spacial score (nSPS) is 15.5. The molecule has 1 fully saturated rings. The number of hydrogen-bond acceptors (Lipinski definition) is 3. The molecule has 0 aliphatic carbocycles. The number of amides is 4. The van der Waals surface area contributed by atoms with Crippen LogP contribution in [0.4, 0.5) is 10.5 Å². The van der Waals surface area contributed by atoms with E-state index in [9.17, 15) is 14.4 Å². The lowest BCUT2D eigenvalue weighted by atomic mass is 10.0. The topological polar surface area (TPSA) is 71.4 Å². The van der Waals surface area contributed by atoms with E-state index in [1.165, 1.54) is 0 Å². The van der Waals surface area contributed by atoms with Crippen molar-refractivity contribution in [3.8, 4) is 5.69 Å². The fraction of sp³-hybridized carbons (Fsp3) is 0.160. The van der Waals surface area contributed by atoms with E-state index in [0.29, 0.717) is 5.69 Å². The zero-order valence-corrected chi connectivity index (χ0v) is 20.4. The van der Waals surface area contributed by atoms with Crippen molar-refractivity contribution in [2.75, 3.05) is 4.90 Å². The Kier molecular flexibility index (Phi) is 5.77. The highest BCUT2D eigenvalue weighted by molar-refractivity contribution is 14.1. The summed E-state index contributed by atoms with van der Waals surface area (Å²) in [6.45, 7) is 7.67. The van der Waals surface area contributed by atoms with E-state index >= 15 is 0 Å². The molecule has 7 heteroatoms. The van der Waals surface area contributed by atoms with Crippen LogP contribution in [0.25, 0.3) is 11.8 Å². The molecule has 0 saturated carbocycles. The van der Waals surface area contributed by atoms with Gasteiger partial charge in [-0.15, -0.1) is 0 Å². The molecular weight excluding hydrogens is 517 g/mol. The van der Waals surface area contributed by atoms with E-state index in [-0.39, 0.29) is 5.57 Å². The average Bonchev–Trinajstić information content (AvgIpc) is 3.02. The number of urea groups is 1. The highest BCUT2D eigenvalue weighted by Gasteiger charge is 2.37. The monoisotopic (exact) mass is 539 g/mol. The van der Waals surface area contributed by atoms with Crippen molar-refractivity contribution < 1.29 is 14.4 Å². The van der Waals surface area contributed by atoms with Crippen LogP contribution in [0.3, 0.4) is 0 Å². The Bertz CT molecular complexity index is 1300. The molecule has 1 aromatic heterocycles. The number of carbonyl (C=O) groups excluding carboxylic acids is 3. The molecule has 162 valence electrons. The second-order valence-electron chi connectivity index (χ2n) is 7.82. The van der Waals surface area contributed by atoms with Gasteiger partial charge in [0.2, 0.25) is 0 Å². The predicted octanol–water partition coefficient (Wildman–Crippen LogP) is 4.98. The lowest BCUT2D eigenvalue weighted by Gasteiger charge is -2.28. The van der Waals surface area contributed by atoms with Gasteiger partial charge in [-0.05, 0) is 109 Å². The van der Waals surface area contributed by atoms with Gasteiger partial charge in [-0.25, -0.2) is 9.69 Å². The number of imide groups is 2. The summed E-state index contributed by atoms with van der Waals surface area (Å²) < 4.78 is 3.21. The minimum atomic E-state index is -0.741. The summed E-state index contributed by atoms with van der Waals surface area (Å²) in [6.07, 6.45) is 1.56. The van der Waals surface area contributed by atoms with E-state index in [1.807, 2.05) is 64.1 Å². The zero-order chi connectivity index (χ0) is 23.2. The van der Waals surface area contributed by atoms with E-state index in [2.05, 4.69) is 32.5 Å². The van der Waals surface area contributed by atoms with Crippen molar-refractivity contribution in [2.45, 2.75) is 27.7 Å². The summed E-state index contributed by atoms with van der Waals surface area (Å²) in [6, 6.07) is 14.7. The number of nitrogens with zero attached hydrogens (tertiary/aromatic N) is 2. The van der Waals surface area contributed by atoms with Crippen molar-refractivity contribution in [1.29, 1.82) is 0 Å². The molecule has 0 bridgehead atoms. The van der Waals surface area contributed by atoms with Gasteiger partial charge >= 0.3 is 6.03 Å². The molecule has 1 saturated heterocycles. The number of aromatic nitrogens is 1. The number of aryl methyl sites for hydroxylation is 2. The second kappa shape index (κ2) is 8.38. The van der Waals surface area contributed by atoms with Crippen LogP contribution in [-0.4, -0.2) is 22.4 Å². The smallest absolute Gasteiger partial charge is 0.318 e. The fourth-order valence-corrected chi connectivity index (χ4v) is 4.29. The molecule has 0 spiro atoms. The third-order valence-corrected chi connectivity index (χ3v) is 6.49. The Morgan fingerprint density at radius 1 is 0.938 bits per heavy atom. The standard InChI is InChI=1S/C25H22IN3O3/c1-14-6-5-7-22(16(14)3)29-24(31)21(23(30)27-25(29)32)13-18-12-15(2)28(17(18)4)20-10-8-19(26)9-11-20/h5-13H,1-4H3,(H,27,30,32)/b21-13+. The van der Waals surface area contributed by atoms with E-state index < -0.39 is 17.8 Å². The summed E-state index contributed by atoms with van der Waals surface area (Å²) in [5, 5.41) is 2.31. The number of hydrogen-bond donors (Lipinski definition) is 1. The lowest BCUT2D eigenvalue weighted by Crippen LogP contribution is -2.54. The van der Waals surface area contributed by atoms with Gasteiger partial charge in [0.15, 0.2) is 0 Å². The molecule has 0 atom stereocenters. The first kappa shape index (κ1) is 22.0. The van der Waals surface area contributed by atoms with Crippen LogP contribution in [0.15, 0.2) is 54.1 Å². The molecule has 2 aromatic carbocycles. The van der Waals surface area contributed by atoms with Crippen LogP contribution in [0.1, 0.15) is 28.1 Å². The van der Waals surface area contributed by atoms with E-state index in [0.717, 1.165) is 42.2 Å². The van der Waals surface area contributed by atoms with E-state index in [4.69, 9.17) is 0 Å². The minimum Gasteiger partial charge on any atom is -0.318 e. The molecule has 2 heterocycles. The van der Waals surface area contributed by atoms with Crippen LogP contribution >= 0.6 is 22.6 Å². The van der Waals surface area contributed by atoms with Gasteiger partial charge in [0.25, 0.3) is 11.8 Å². The first-order chi connectivity index (χ1) is 15.2. The minimum absolute atomic E-state index is 0.0756. The molecular formula is C25H22IN3O3. The molecule has 32 heavy (non-hydrogen) atoms. The third kappa shape index (κ3) is 3.77. The number of anilines is 1. The fourth-order valence-electron chi connectivity index (χ4n) is 3.93. The summed E-state index contributed by atoms with van der Waals surface area (Å²) in [4.78, 5) is 39.5. The average molecular weight is 539 g/mol. The highest BCUT2D eigenvalue weighted by Crippen LogP contribution is 2.28. The number of benzene rings is 2. The molecule has 1 aliphatic rings. The molecule has 0 radical (unpaired) electrons. The van der Waals surface area contributed by atoms with Gasteiger partial charge in [-0.2, -0.15) is 0 Å². The van der Waals surface area contributed by atoms with Crippen molar-refractivity contribution in [3.05, 3.63) is 85.8 Å². The predicted molar refractivity (Wildman–Crippen MR) is 133 cm³/mol. The van der Waals surface area contributed by atoms with E-state index in [1.54, 1.807) is 18.2 Å². The van der Waals surface area contributed by atoms with Crippen LogP contribution in [0, 0.1) is 31.3 Å². The molecule has 4 rings (SSSR count). The van der Waals surface area contributed by atoms with Gasteiger partial charge in [-0.1, -0.05) is 12.1 Å². The summed E-state index contributed by atoms with van der Waals surface area (Å²) in [5.74, 6) is -1.33. The summed E-state index contributed by atoms with van der Waals surface area (Å²) in [5.41, 5.74) is 5.76. The first-order valence-corrected chi connectivity index (χ1v) is 11.2. The Hall–Kier alpha value is -3.20. The maximum atomic E-state index is 13.3. The highest BCUT2D eigenvalue weighted by atomic mass is 127. The molecule has 1 aliphatic heterocycles. The van der Waals surface area contributed by atoms with Crippen LogP contribution < -0.4 is 10.2 Å². The number of nitrogens with one attached hydrogen (secondary N) is 1. The number of halogens is 1. The SMILES string of the molecule is Cc1cccc(N2C(=O)NC(=O)/C(=C\c3cc(C)n(-c4ccc(I)cc4)c3C)C2=O)c1C. The van der Waals surface area contributed by atoms with Crippen LogP contribution in [0.2, 0.25) is 0 Å². The van der Waals surface area contributed by atoms with Crippen molar-refractivity contribution in [1.82, 2.24) is 9.88 Å². The number of carbonyl (C=O) groups is 3. The van der Waals surface area contributed by atoms with Gasteiger partial charge in [0.05, 0.1) is 5.69 Å². The molecule has 1 N–H and O–H groups in total. The summed E-state index contributed by atoms with van der Waals surface area (Å²) in [7, 11) is 0.